The predicted octanol–water partition coefficient (Wildman–Crippen LogP) is 1.91. The zero-order valence-corrected chi connectivity index (χ0v) is 8.41. The maximum absolute atomic E-state index is 13.0. The molecule has 0 radical (unpaired) electrons. The molecule has 2 aromatic rings. The number of benzene rings is 1. The molecule has 1 aromatic heterocycles. The summed E-state index contributed by atoms with van der Waals surface area (Å²) in [4.78, 5) is 24.9. The van der Waals surface area contributed by atoms with Crippen molar-refractivity contribution in [1.29, 1.82) is 0 Å². The average molecular weight is 221 g/mol. The Kier molecular flexibility index (Phi) is 2.44. The Hall–Kier alpha value is -2.17. The van der Waals surface area contributed by atoms with Crippen molar-refractivity contribution in [3.8, 4) is 0 Å². The van der Waals surface area contributed by atoms with Crippen molar-refractivity contribution in [2.75, 3.05) is 7.11 Å². The van der Waals surface area contributed by atoms with Gasteiger partial charge in [0.15, 0.2) is 6.29 Å². The molecule has 16 heavy (non-hydrogen) atoms. The van der Waals surface area contributed by atoms with E-state index in [0.29, 0.717) is 17.2 Å². The van der Waals surface area contributed by atoms with E-state index < -0.39 is 11.8 Å². The van der Waals surface area contributed by atoms with E-state index in [2.05, 4.69) is 9.72 Å². The summed E-state index contributed by atoms with van der Waals surface area (Å²) >= 11 is 0. The SMILES string of the molecule is COC(=O)c1c(C=O)[nH]c2ccc(F)cc12. The highest BCUT2D eigenvalue weighted by molar-refractivity contribution is 6.10. The topological polar surface area (TPSA) is 59.2 Å². The molecule has 5 heteroatoms. The number of esters is 1. The quantitative estimate of drug-likeness (QED) is 0.622. The molecule has 0 atom stereocenters. The third-order valence-electron chi connectivity index (χ3n) is 2.30. The molecule has 0 aliphatic carbocycles. The van der Waals surface area contributed by atoms with Crippen LogP contribution in [0.2, 0.25) is 0 Å². The molecular formula is C11H8FNO3. The van der Waals surface area contributed by atoms with Gasteiger partial charge in [0.25, 0.3) is 0 Å². The van der Waals surface area contributed by atoms with Crippen LogP contribution in [-0.2, 0) is 4.74 Å². The third-order valence-corrected chi connectivity index (χ3v) is 2.30. The Bertz CT molecular complexity index is 574. The summed E-state index contributed by atoms with van der Waals surface area (Å²) in [6, 6.07) is 3.89. The predicted molar refractivity (Wildman–Crippen MR) is 55.0 cm³/mol. The van der Waals surface area contributed by atoms with Gasteiger partial charge in [0.05, 0.1) is 18.4 Å². The van der Waals surface area contributed by atoms with Crippen LogP contribution in [0.15, 0.2) is 18.2 Å². The van der Waals surface area contributed by atoms with E-state index in [0.717, 1.165) is 0 Å². The van der Waals surface area contributed by atoms with E-state index in [1.165, 1.54) is 25.3 Å². The maximum Gasteiger partial charge on any atom is 0.340 e. The maximum atomic E-state index is 13.0. The second-order valence-electron chi connectivity index (χ2n) is 3.21. The van der Waals surface area contributed by atoms with Crippen LogP contribution in [0.3, 0.4) is 0 Å². The standard InChI is InChI=1S/C11H8FNO3/c1-16-11(15)10-7-4-6(12)2-3-8(7)13-9(10)5-14/h2-5,13H,1H3. The number of aromatic nitrogens is 1. The summed E-state index contributed by atoms with van der Waals surface area (Å²) in [5.74, 6) is -1.15. The number of carbonyl (C=O) groups is 2. The highest BCUT2D eigenvalue weighted by atomic mass is 19.1. The Morgan fingerprint density at radius 1 is 1.50 bits per heavy atom. The lowest BCUT2D eigenvalue weighted by Crippen LogP contribution is -2.03. The van der Waals surface area contributed by atoms with Gasteiger partial charge in [0.1, 0.15) is 5.82 Å². The fourth-order valence-corrected chi connectivity index (χ4v) is 1.60. The van der Waals surface area contributed by atoms with Gasteiger partial charge in [-0.1, -0.05) is 0 Å². The number of carbonyl (C=O) groups excluding carboxylic acids is 2. The van der Waals surface area contributed by atoms with E-state index >= 15 is 0 Å². The van der Waals surface area contributed by atoms with Crippen molar-refractivity contribution in [1.82, 2.24) is 4.98 Å². The summed E-state index contributed by atoms with van der Waals surface area (Å²) in [6.45, 7) is 0. The molecule has 82 valence electrons. The number of nitrogens with one attached hydrogen (secondary N) is 1. The third kappa shape index (κ3) is 1.46. The van der Waals surface area contributed by atoms with Gasteiger partial charge in [-0.3, -0.25) is 4.79 Å². The number of rotatable bonds is 2. The van der Waals surface area contributed by atoms with Gasteiger partial charge in [-0.05, 0) is 18.2 Å². The van der Waals surface area contributed by atoms with Crippen LogP contribution in [0.25, 0.3) is 10.9 Å². The van der Waals surface area contributed by atoms with Gasteiger partial charge < -0.3 is 9.72 Å². The molecule has 1 heterocycles. The lowest BCUT2D eigenvalue weighted by Gasteiger charge is -1.97. The van der Waals surface area contributed by atoms with Crippen LogP contribution < -0.4 is 0 Å². The second kappa shape index (κ2) is 3.77. The van der Waals surface area contributed by atoms with E-state index in [9.17, 15) is 14.0 Å². The monoisotopic (exact) mass is 221 g/mol. The minimum absolute atomic E-state index is 0.0620. The molecule has 0 saturated heterocycles. The van der Waals surface area contributed by atoms with E-state index in [-0.39, 0.29) is 11.3 Å². The summed E-state index contributed by atoms with van der Waals surface area (Å²) in [6.07, 6.45) is 0.504. The van der Waals surface area contributed by atoms with Crippen molar-refractivity contribution in [3.63, 3.8) is 0 Å². The number of ether oxygens (including phenoxy) is 1. The lowest BCUT2D eigenvalue weighted by molar-refractivity contribution is 0.0600. The fraction of sp³-hybridized carbons (Fsp3) is 0.0909. The molecule has 0 spiro atoms. The first-order chi connectivity index (χ1) is 7.67. The smallest absolute Gasteiger partial charge is 0.340 e. The molecule has 0 unspecified atom stereocenters. The van der Waals surface area contributed by atoms with E-state index in [1.807, 2.05) is 0 Å². The van der Waals surface area contributed by atoms with Crippen LogP contribution in [-0.4, -0.2) is 24.3 Å². The Morgan fingerprint density at radius 2 is 2.25 bits per heavy atom. The van der Waals surface area contributed by atoms with Crippen LogP contribution in [0.1, 0.15) is 20.8 Å². The van der Waals surface area contributed by atoms with Gasteiger partial charge in [0, 0.05) is 10.9 Å². The molecule has 0 amide bonds. The lowest BCUT2D eigenvalue weighted by atomic mass is 10.1. The molecule has 1 aromatic carbocycles. The van der Waals surface area contributed by atoms with Gasteiger partial charge in [-0.2, -0.15) is 0 Å². The van der Waals surface area contributed by atoms with E-state index in [4.69, 9.17) is 0 Å². The zero-order chi connectivity index (χ0) is 11.7. The number of fused-ring (bicyclic) bond motifs is 1. The van der Waals surface area contributed by atoms with Crippen molar-refractivity contribution >= 4 is 23.2 Å². The van der Waals surface area contributed by atoms with Crippen molar-refractivity contribution in [2.45, 2.75) is 0 Å². The zero-order valence-electron chi connectivity index (χ0n) is 8.41. The molecule has 0 saturated carbocycles. The van der Waals surface area contributed by atoms with Crippen molar-refractivity contribution in [2.24, 2.45) is 0 Å². The van der Waals surface area contributed by atoms with Crippen LogP contribution in [0.4, 0.5) is 4.39 Å². The molecule has 4 nitrogen and oxygen atoms in total. The number of aromatic amines is 1. The normalized spacial score (nSPS) is 10.4. The molecule has 1 N–H and O–H groups in total. The summed E-state index contributed by atoms with van der Waals surface area (Å²) in [5.41, 5.74) is 0.670. The molecule has 0 aliphatic heterocycles. The summed E-state index contributed by atoms with van der Waals surface area (Å²) in [7, 11) is 1.20. The fourth-order valence-electron chi connectivity index (χ4n) is 1.60. The largest absolute Gasteiger partial charge is 0.465 e. The first-order valence-corrected chi connectivity index (χ1v) is 4.52. The van der Waals surface area contributed by atoms with Crippen LogP contribution >= 0.6 is 0 Å². The second-order valence-corrected chi connectivity index (χ2v) is 3.21. The first kappa shape index (κ1) is 10.4. The van der Waals surface area contributed by atoms with Gasteiger partial charge in [-0.25, -0.2) is 9.18 Å². The molecular weight excluding hydrogens is 213 g/mol. The van der Waals surface area contributed by atoms with E-state index in [1.54, 1.807) is 0 Å². The van der Waals surface area contributed by atoms with Crippen molar-refractivity contribution in [3.05, 3.63) is 35.3 Å². The molecule has 0 bridgehead atoms. The number of hydrogen-bond acceptors (Lipinski definition) is 3. The Balaban J connectivity index is 2.80. The number of hydrogen-bond donors (Lipinski definition) is 1. The van der Waals surface area contributed by atoms with Crippen molar-refractivity contribution < 1.29 is 18.7 Å². The first-order valence-electron chi connectivity index (χ1n) is 4.52. The Morgan fingerprint density at radius 3 is 2.88 bits per heavy atom. The highest BCUT2D eigenvalue weighted by Crippen LogP contribution is 2.23. The van der Waals surface area contributed by atoms with Gasteiger partial charge in [-0.15, -0.1) is 0 Å². The van der Waals surface area contributed by atoms with Gasteiger partial charge in [0.2, 0.25) is 0 Å². The number of methoxy groups -OCH3 is 1. The number of H-pyrrole nitrogens is 1. The average Bonchev–Trinajstić information content (AvgIpc) is 2.65. The molecule has 2 rings (SSSR count). The Labute approximate surface area is 90.0 Å². The minimum Gasteiger partial charge on any atom is -0.465 e. The summed E-state index contributed by atoms with van der Waals surface area (Å²) < 4.78 is 17.6. The highest BCUT2D eigenvalue weighted by Gasteiger charge is 2.18. The van der Waals surface area contributed by atoms with Gasteiger partial charge >= 0.3 is 5.97 Å². The molecule has 0 fully saturated rings. The number of aldehydes is 1. The van der Waals surface area contributed by atoms with Crippen LogP contribution in [0, 0.1) is 5.82 Å². The summed E-state index contributed by atoms with van der Waals surface area (Å²) in [5, 5.41) is 0.342. The minimum atomic E-state index is -0.668. The van der Waals surface area contributed by atoms with Crippen LogP contribution in [0.5, 0.6) is 0 Å². The molecule has 0 aliphatic rings. The number of halogens is 1.